The summed E-state index contributed by atoms with van der Waals surface area (Å²) < 4.78 is 0.472. The zero-order valence-corrected chi connectivity index (χ0v) is 5.34. The number of rotatable bonds is 1. The number of hydrogen-bond acceptors (Lipinski definition) is 3. The summed E-state index contributed by atoms with van der Waals surface area (Å²) in [6.07, 6.45) is 0.595. The van der Waals surface area contributed by atoms with Gasteiger partial charge >= 0.3 is 0 Å². The predicted octanol–water partition coefficient (Wildman–Crippen LogP) is 0.380. The average Bonchev–Trinajstić information content (AvgIpc) is 2.14. The van der Waals surface area contributed by atoms with Crippen LogP contribution in [-0.2, 0) is 0 Å². The number of H-pyrrole nitrogens is 1. The van der Waals surface area contributed by atoms with Crippen molar-refractivity contribution >= 4 is 22.2 Å². The molecule has 0 saturated carbocycles. The maximum atomic E-state index is 9.87. The van der Waals surface area contributed by atoms with Crippen LogP contribution in [0, 0.1) is 0 Å². The van der Waals surface area contributed by atoms with Crippen LogP contribution in [0.1, 0.15) is 10.6 Å². The lowest BCUT2D eigenvalue weighted by Crippen LogP contribution is -1.79. The van der Waals surface area contributed by atoms with E-state index in [1.54, 1.807) is 0 Å². The van der Waals surface area contributed by atoms with E-state index in [9.17, 15) is 4.79 Å². The number of nitrogens with one attached hydrogen (secondary N) is 1. The van der Waals surface area contributed by atoms with Gasteiger partial charge in [-0.05, 0) is 15.9 Å². The Kier molecular flexibility index (Phi) is 1.38. The van der Waals surface area contributed by atoms with E-state index in [1.165, 1.54) is 0 Å². The molecule has 0 aromatic carbocycles. The molecule has 0 aliphatic heterocycles. The van der Waals surface area contributed by atoms with Gasteiger partial charge in [-0.15, -0.1) is 10.2 Å². The molecule has 0 spiro atoms. The Bertz CT molecular complexity index is 196. The SMILES string of the molecule is O=Cc1nnc(Br)[nH]1. The third kappa shape index (κ3) is 0.919. The quantitative estimate of drug-likeness (QED) is 0.629. The van der Waals surface area contributed by atoms with Gasteiger partial charge in [0.05, 0.1) is 0 Å². The first-order valence-electron chi connectivity index (χ1n) is 1.86. The Morgan fingerprint density at radius 2 is 2.38 bits per heavy atom. The van der Waals surface area contributed by atoms with Gasteiger partial charge in [0.15, 0.2) is 16.8 Å². The second-order valence-corrected chi connectivity index (χ2v) is 1.87. The molecule has 0 aliphatic carbocycles. The Morgan fingerprint density at radius 1 is 1.62 bits per heavy atom. The van der Waals surface area contributed by atoms with Crippen LogP contribution in [0.4, 0.5) is 0 Å². The molecule has 0 saturated heterocycles. The van der Waals surface area contributed by atoms with Gasteiger partial charge in [0, 0.05) is 0 Å². The van der Waals surface area contributed by atoms with E-state index in [0.717, 1.165) is 0 Å². The van der Waals surface area contributed by atoms with Crippen LogP contribution < -0.4 is 0 Å². The van der Waals surface area contributed by atoms with E-state index >= 15 is 0 Å². The van der Waals surface area contributed by atoms with Crippen molar-refractivity contribution in [2.45, 2.75) is 0 Å². The number of carbonyl (C=O) groups excluding carboxylic acids is 1. The number of nitrogens with zero attached hydrogens (tertiary/aromatic N) is 2. The first-order chi connectivity index (χ1) is 3.83. The summed E-state index contributed by atoms with van der Waals surface area (Å²) in [7, 11) is 0. The van der Waals surface area contributed by atoms with Gasteiger partial charge < -0.3 is 4.98 Å². The zero-order chi connectivity index (χ0) is 5.98. The molecule has 0 bridgehead atoms. The summed E-state index contributed by atoms with van der Waals surface area (Å²) in [5, 5.41) is 6.88. The number of carbonyl (C=O) groups is 1. The Labute approximate surface area is 53.4 Å². The maximum Gasteiger partial charge on any atom is 0.197 e. The number of aldehydes is 1. The van der Waals surface area contributed by atoms with Crippen LogP contribution in [-0.4, -0.2) is 21.5 Å². The Hall–Kier alpha value is -0.710. The van der Waals surface area contributed by atoms with Crippen LogP contribution in [0.25, 0.3) is 0 Å². The molecule has 0 fully saturated rings. The molecular weight excluding hydrogens is 174 g/mol. The normalized spacial score (nSPS) is 9.12. The number of aromatic nitrogens is 3. The van der Waals surface area contributed by atoms with E-state index in [0.29, 0.717) is 11.0 Å². The molecule has 8 heavy (non-hydrogen) atoms. The molecule has 1 aromatic heterocycles. The summed E-state index contributed by atoms with van der Waals surface area (Å²) in [5.41, 5.74) is 0. The molecule has 1 heterocycles. The first-order valence-corrected chi connectivity index (χ1v) is 2.65. The summed E-state index contributed by atoms with van der Waals surface area (Å²) >= 11 is 2.98. The predicted molar refractivity (Wildman–Crippen MR) is 29.5 cm³/mol. The molecule has 5 heteroatoms. The van der Waals surface area contributed by atoms with Gasteiger partial charge in [-0.2, -0.15) is 0 Å². The van der Waals surface area contributed by atoms with Crippen molar-refractivity contribution in [3.05, 3.63) is 10.6 Å². The van der Waals surface area contributed by atoms with E-state index in [1.807, 2.05) is 0 Å². The van der Waals surface area contributed by atoms with E-state index in [4.69, 9.17) is 0 Å². The van der Waals surface area contributed by atoms with Crippen molar-refractivity contribution in [1.82, 2.24) is 15.2 Å². The number of halogens is 1. The fourth-order valence-corrected chi connectivity index (χ4v) is 0.589. The van der Waals surface area contributed by atoms with Gasteiger partial charge in [0.1, 0.15) is 0 Å². The van der Waals surface area contributed by atoms with Crippen LogP contribution in [0.2, 0.25) is 0 Å². The zero-order valence-electron chi connectivity index (χ0n) is 3.76. The van der Waals surface area contributed by atoms with Crippen molar-refractivity contribution in [2.24, 2.45) is 0 Å². The second-order valence-electron chi connectivity index (χ2n) is 1.12. The molecule has 0 unspecified atom stereocenters. The lowest BCUT2D eigenvalue weighted by atomic mass is 10.7. The number of aromatic amines is 1. The molecular formula is C3H2BrN3O. The summed E-state index contributed by atoms with van der Waals surface area (Å²) in [4.78, 5) is 12.4. The van der Waals surface area contributed by atoms with E-state index < -0.39 is 0 Å². The minimum absolute atomic E-state index is 0.233. The molecule has 1 rings (SSSR count). The van der Waals surface area contributed by atoms with Crippen LogP contribution in [0.3, 0.4) is 0 Å². The molecule has 4 nitrogen and oxygen atoms in total. The highest BCUT2D eigenvalue weighted by molar-refractivity contribution is 9.10. The van der Waals surface area contributed by atoms with Crippen molar-refractivity contribution in [2.75, 3.05) is 0 Å². The lowest BCUT2D eigenvalue weighted by molar-refractivity contribution is 0.111. The van der Waals surface area contributed by atoms with E-state index in [-0.39, 0.29) is 5.82 Å². The molecule has 42 valence electrons. The summed E-state index contributed by atoms with van der Waals surface area (Å²) in [6.45, 7) is 0. The van der Waals surface area contributed by atoms with Gasteiger partial charge in [-0.1, -0.05) is 0 Å². The highest BCUT2D eigenvalue weighted by Gasteiger charge is 1.93. The molecule has 1 aromatic rings. The minimum atomic E-state index is 0.233. The van der Waals surface area contributed by atoms with Gasteiger partial charge in [-0.25, -0.2) is 0 Å². The van der Waals surface area contributed by atoms with Crippen molar-refractivity contribution in [3.63, 3.8) is 0 Å². The maximum absolute atomic E-state index is 9.87. The molecule has 0 aliphatic rings. The summed E-state index contributed by atoms with van der Waals surface area (Å²) in [5.74, 6) is 0.233. The van der Waals surface area contributed by atoms with Gasteiger partial charge in [-0.3, -0.25) is 4.79 Å². The van der Waals surface area contributed by atoms with Crippen LogP contribution in [0.15, 0.2) is 4.73 Å². The third-order valence-electron chi connectivity index (χ3n) is 0.588. The fourth-order valence-electron chi connectivity index (χ4n) is 0.306. The Morgan fingerprint density at radius 3 is 2.62 bits per heavy atom. The van der Waals surface area contributed by atoms with Crippen LogP contribution in [0.5, 0.6) is 0 Å². The standard InChI is InChI=1S/C3H2BrN3O/c4-3-5-2(1-8)6-7-3/h1H,(H,5,6,7). The molecule has 0 amide bonds. The fraction of sp³-hybridized carbons (Fsp3) is 0. The highest BCUT2D eigenvalue weighted by atomic mass is 79.9. The Balaban J connectivity index is 3.00. The minimum Gasteiger partial charge on any atom is -0.313 e. The van der Waals surface area contributed by atoms with Gasteiger partial charge in [0.2, 0.25) is 0 Å². The first kappa shape index (κ1) is 5.43. The van der Waals surface area contributed by atoms with Gasteiger partial charge in [0.25, 0.3) is 0 Å². The molecule has 1 N–H and O–H groups in total. The average molecular weight is 176 g/mol. The smallest absolute Gasteiger partial charge is 0.197 e. The third-order valence-corrected chi connectivity index (χ3v) is 0.945. The molecule has 0 radical (unpaired) electrons. The van der Waals surface area contributed by atoms with E-state index in [2.05, 4.69) is 31.1 Å². The monoisotopic (exact) mass is 175 g/mol. The highest BCUT2D eigenvalue weighted by Crippen LogP contribution is 1.97. The van der Waals surface area contributed by atoms with Crippen molar-refractivity contribution in [1.29, 1.82) is 0 Å². The molecule has 0 atom stereocenters. The number of hydrogen-bond donors (Lipinski definition) is 1. The second kappa shape index (κ2) is 2.04. The lowest BCUT2D eigenvalue weighted by Gasteiger charge is -1.69. The summed E-state index contributed by atoms with van der Waals surface area (Å²) in [6, 6.07) is 0. The largest absolute Gasteiger partial charge is 0.313 e. The van der Waals surface area contributed by atoms with Crippen molar-refractivity contribution < 1.29 is 4.79 Å². The van der Waals surface area contributed by atoms with Crippen molar-refractivity contribution in [3.8, 4) is 0 Å². The van der Waals surface area contributed by atoms with Crippen LogP contribution >= 0.6 is 15.9 Å². The topological polar surface area (TPSA) is 58.6 Å².